The van der Waals surface area contributed by atoms with Gasteiger partial charge in [0.25, 0.3) is 0 Å². The van der Waals surface area contributed by atoms with E-state index in [9.17, 15) is 15.3 Å². The van der Waals surface area contributed by atoms with Gasteiger partial charge < -0.3 is 24.8 Å². The highest BCUT2D eigenvalue weighted by molar-refractivity contribution is 5.88. The maximum atomic E-state index is 10.1. The predicted molar refractivity (Wildman–Crippen MR) is 84.2 cm³/mol. The predicted octanol–water partition coefficient (Wildman–Crippen LogP) is 3.51. The van der Waals surface area contributed by atoms with E-state index in [1.165, 1.54) is 32.4 Å². The first-order chi connectivity index (χ1) is 11.0. The Hall–Kier alpha value is -3.15. The summed E-state index contributed by atoms with van der Waals surface area (Å²) in [6.07, 6.45) is 0. The van der Waals surface area contributed by atoms with Gasteiger partial charge in [0.1, 0.15) is 16.9 Å². The molecule has 0 fully saturated rings. The van der Waals surface area contributed by atoms with Crippen LogP contribution in [0.4, 0.5) is 0 Å². The van der Waals surface area contributed by atoms with Gasteiger partial charge in [0.2, 0.25) is 5.75 Å². The zero-order valence-corrected chi connectivity index (χ0v) is 12.5. The minimum atomic E-state index is -0.270. The topological polar surface area (TPSA) is 90.5 Å². The standard InChI is InChI=1S/C17H14O6/c1-21-10-6-13(19)11-8-16(22-2)17(23-15(11)7-10)9-3-4-12(18)14(20)5-9/h3-8H,1-2H3,(H2-,18,19,20)/p+1. The summed E-state index contributed by atoms with van der Waals surface area (Å²) in [6.45, 7) is 0. The Labute approximate surface area is 131 Å². The molecular weight excluding hydrogens is 300 g/mol. The molecule has 0 saturated heterocycles. The van der Waals surface area contributed by atoms with Crippen LogP contribution in [0.5, 0.6) is 28.7 Å². The molecule has 0 atom stereocenters. The third kappa shape index (κ3) is 2.55. The minimum Gasteiger partial charge on any atom is -0.507 e. The Kier molecular flexibility index (Phi) is 3.57. The van der Waals surface area contributed by atoms with Crippen molar-refractivity contribution in [1.29, 1.82) is 0 Å². The number of methoxy groups -OCH3 is 2. The SMILES string of the molecule is COc1cc(O)c2cc(OC)c(-c3ccc(O)c(O)c3)[o+]c2c1. The van der Waals surface area contributed by atoms with Gasteiger partial charge in [-0.05, 0) is 12.1 Å². The van der Waals surface area contributed by atoms with Gasteiger partial charge in [-0.1, -0.05) is 0 Å². The normalized spacial score (nSPS) is 10.7. The van der Waals surface area contributed by atoms with Gasteiger partial charge >= 0.3 is 11.3 Å². The lowest BCUT2D eigenvalue weighted by Gasteiger charge is -2.04. The van der Waals surface area contributed by atoms with Crippen LogP contribution >= 0.6 is 0 Å². The van der Waals surface area contributed by atoms with Crippen molar-refractivity contribution in [3.63, 3.8) is 0 Å². The monoisotopic (exact) mass is 315 g/mol. The molecule has 2 aromatic carbocycles. The van der Waals surface area contributed by atoms with E-state index in [1.54, 1.807) is 18.2 Å². The van der Waals surface area contributed by atoms with E-state index in [4.69, 9.17) is 13.9 Å². The van der Waals surface area contributed by atoms with E-state index in [-0.39, 0.29) is 17.2 Å². The van der Waals surface area contributed by atoms with Crippen LogP contribution in [0.25, 0.3) is 22.3 Å². The second-order valence-electron chi connectivity index (χ2n) is 4.91. The van der Waals surface area contributed by atoms with E-state index in [1.807, 2.05) is 0 Å². The highest BCUT2D eigenvalue weighted by Gasteiger charge is 2.25. The van der Waals surface area contributed by atoms with E-state index < -0.39 is 0 Å². The number of rotatable bonds is 3. The second kappa shape index (κ2) is 5.57. The molecule has 0 aliphatic carbocycles. The molecule has 0 aliphatic heterocycles. The fraction of sp³-hybridized carbons (Fsp3) is 0.118. The third-order valence-corrected chi connectivity index (χ3v) is 3.50. The van der Waals surface area contributed by atoms with E-state index in [0.29, 0.717) is 33.8 Å². The van der Waals surface area contributed by atoms with E-state index in [0.717, 1.165) is 0 Å². The Morgan fingerprint density at radius 2 is 1.61 bits per heavy atom. The number of phenolic OH excluding ortho intramolecular Hbond substituents is 3. The van der Waals surface area contributed by atoms with Crippen molar-refractivity contribution in [2.24, 2.45) is 0 Å². The second-order valence-corrected chi connectivity index (χ2v) is 4.91. The summed E-state index contributed by atoms with van der Waals surface area (Å²) in [7, 11) is 2.96. The quantitative estimate of drug-likeness (QED) is 0.506. The lowest BCUT2D eigenvalue weighted by Crippen LogP contribution is -1.90. The first-order valence-corrected chi connectivity index (χ1v) is 6.77. The van der Waals surface area contributed by atoms with Crippen LogP contribution in [0.1, 0.15) is 0 Å². The average Bonchev–Trinajstić information content (AvgIpc) is 2.56. The number of hydrogen-bond donors (Lipinski definition) is 3. The Balaban J connectivity index is 2.28. The molecule has 118 valence electrons. The Morgan fingerprint density at radius 3 is 2.26 bits per heavy atom. The molecule has 1 heterocycles. The van der Waals surface area contributed by atoms with Crippen LogP contribution in [-0.2, 0) is 0 Å². The average molecular weight is 315 g/mol. The molecule has 23 heavy (non-hydrogen) atoms. The van der Waals surface area contributed by atoms with Crippen LogP contribution < -0.4 is 9.47 Å². The summed E-state index contributed by atoms with van der Waals surface area (Å²) in [5.74, 6) is 0.678. The third-order valence-electron chi connectivity index (χ3n) is 3.50. The molecule has 0 spiro atoms. The van der Waals surface area contributed by atoms with Crippen molar-refractivity contribution in [2.75, 3.05) is 14.2 Å². The first-order valence-electron chi connectivity index (χ1n) is 6.77. The van der Waals surface area contributed by atoms with Crippen LogP contribution in [0, 0.1) is 0 Å². The molecule has 0 unspecified atom stereocenters. The largest absolute Gasteiger partial charge is 0.507 e. The maximum Gasteiger partial charge on any atom is 0.402 e. The fourth-order valence-corrected chi connectivity index (χ4v) is 2.31. The van der Waals surface area contributed by atoms with Crippen LogP contribution in [-0.4, -0.2) is 29.5 Å². The van der Waals surface area contributed by atoms with Crippen LogP contribution in [0.3, 0.4) is 0 Å². The summed E-state index contributed by atoms with van der Waals surface area (Å²) in [4.78, 5) is 0. The molecular formula is C17H15O6+. The maximum absolute atomic E-state index is 10.1. The van der Waals surface area contributed by atoms with E-state index >= 15 is 0 Å². The van der Waals surface area contributed by atoms with Gasteiger partial charge in [-0.2, -0.15) is 0 Å². The molecule has 1 aromatic heterocycles. The zero-order valence-electron chi connectivity index (χ0n) is 12.5. The molecule has 3 N–H and O–H groups in total. The Morgan fingerprint density at radius 1 is 0.826 bits per heavy atom. The molecule has 3 aromatic rings. The fourth-order valence-electron chi connectivity index (χ4n) is 2.31. The number of phenols is 3. The van der Waals surface area contributed by atoms with Crippen LogP contribution in [0.2, 0.25) is 0 Å². The van der Waals surface area contributed by atoms with Crippen molar-refractivity contribution < 1.29 is 29.2 Å². The van der Waals surface area contributed by atoms with Gasteiger partial charge in [-0.15, -0.1) is 0 Å². The molecule has 6 nitrogen and oxygen atoms in total. The lowest BCUT2D eigenvalue weighted by molar-refractivity contribution is 0.396. The van der Waals surface area contributed by atoms with Gasteiger partial charge in [0, 0.05) is 18.2 Å². The smallest absolute Gasteiger partial charge is 0.402 e. The highest BCUT2D eigenvalue weighted by atomic mass is 16.5. The summed E-state index contributed by atoms with van der Waals surface area (Å²) in [5.41, 5.74) is 0.909. The minimum absolute atomic E-state index is 0.00139. The van der Waals surface area contributed by atoms with Crippen molar-refractivity contribution in [3.8, 4) is 40.1 Å². The highest BCUT2D eigenvalue weighted by Crippen LogP contribution is 2.40. The molecule has 3 rings (SSSR count). The first kappa shape index (κ1) is 14.8. The lowest BCUT2D eigenvalue weighted by atomic mass is 10.1. The molecule has 0 amide bonds. The summed E-state index contributed by atoms with van der Waals surface area (Å²) >= 11 is 0. The van der Waals surface area contributed by atoms with Gasteiger partial charge in [-0.25, -0.2) is 4.42 Å². The van der Waals surface area contributed by atoms with E-state index in [2.05, 4.69) is 0 Å². The molecule has 0 saturated carbocycles. The number of benzene rings is 2. The molecule has 0 aliphatic rings. The van der Waals surface area contributed by atoms with Crippen molar-refractivity contribution in [1.82, 2.24) is 0 Å². The number of ether oxygens (including phenoxy) is 2. The number of hydrogen-bond acceptors (Lipinski definition) is 5. The van der Waals surface area contributed by atoms with Gasteiger partial charge in [0.05, 0.1) is 25.8 Å². The molecule has 0 bridgehead atoms. The zero-order chi connectivity index (χ0) is 16.6. The van der Waals surface area contributed by atoms with Crippen molar-refractivity contribution in [2.45, 2.75) is 0 Å². The summed E-state index contributed by atoms with van der Waals surface area (Å²) in [6, 6.07) is 9.05. The summed E-state index contributed by atoms with van der Waals surface area (Å²) in [5, 5.41) is 29.6. The van der Waals surface area contributed by atoms with Crippen LogP contribution in [0.15, 0.2) is 40.8 Å². The Bertz CT molecular complexity index is 888. The number of fused-ring (bicyclic) bond motifs is 1. The van der Waals surface area contributed by atoms with Gasteiger partial charge in [-0.3, -0.25) is 0 Å². The van der Waals surface area contributed by atoms with Crippen molar-refractivity contribution in [3.05, 3.63) is 36.4 Å². The number of aromatic hydroxyl groups is 3. The molecule has 0 radical (unpaired) electrons. The summed E-state index contributed by atoms with van der Waals surface area (Å²) < 4.78 is 16.3. The van der Waals surface area contributed by atoms with Crippen molar-refractivity contribution >= 4 is 11.0 Å². The van der Waals surface area contributed by atoms with Gasteiger partial charge in [0.15, 0.2) is 11.5 Å². The molecule has 6 heteroatoms.